The average Bonchev–Trinajstić information content (AvgIpc) is 3.29. The topological polar surface area (TPSA) is 116 Å². The summed E-state index contributed by atoms with van der Waals surface area (Å²) >= 11 is 6.15. The van der Waals surface area contributed by atoms with Crippen molar-refractivity contribution >= 4 is 57.3 Å². The van der Waals surface area contributed by atoms with E-state index < -0.39 is 16.9 Å². The van der Waals surface area contributed by atoms with Crippen molar-refractivity contribution in [2.45, 2.75) is 61.9 Å². The molecule has 1 saturated carbocycles. The number of carboxylic acids is 1. The molecule has 8 nitrogen and oxygen atoms in total. The molecule has 5 rings (SSSR count). The SMILES string of the molecule is O=C(O)C1=Cc2ccc(Cl)cc2[SH]1C(=O)NC1CCCCC1NC(=O)c1ccc(N2CCCCC2=O)cc1. The van der Waals surface area contributed by atoms with Crippen molar-refractivity contribution in [1.29, 1.82) is 0 Å². The lowest BCUT2D eigenvalue weighted by Crippen LogP contribution is -2.52. The van der Waals surface area contributed by atoms with Crippen LogP contribution in [0.15, 0.2) is 52.3 Å². The summed E-state index contributed by atoms with van der Waals surface area (Å²) in [6, 6.07) is 11.5. The Hall–Kier alpha value is -3.30. The Morgan fingerprint density at radius 3 is 2.34 bits per heavy atom. The third-order valence-corrected chi connectivity index (χ3v) is 9.79. The molecule has 3 unspecified atom stereocenters. The number of carbonyl (C=O) groups excluding carboxylic acids is 3. The van der Waals surface area contributed by atoms with Crippen molar-refractivity contribution in [2.75, 3.05) is 11.4 Å². The van der Waals surface area contributed by atoms with Gasteiger partial charge < -0.3 is 20.6 Å². The molecule has 2 aromatic carbocycles. The molecule has 1 saturated heterocycles. The predicted molar refractivity (Wildman–Crippen MR) is 149 cm³/mol. The van der Waals surface area contributed by atoms with Crippen LogP contribution in [0.5, 0.6) is 0 Å². The molecule has 3 amide bonds. The lowest BCUT2D eigenvalue weighted by molar-refractivity contribution is -0.131. The van der Waals surface area contributed by atoms with E-state index in [1.165, 1.54) is 0 Å². The molecule has 38 heavy (non-hydrogen) atoms. The molecule has 3 aliphatic rings. The maximum Gasteiger partial charge on any atom is 0.341 e. The van der Waals surface area contributed by atoms with E-state index in [0.29, 0.717) is 46.9 Å². The van der Waals surface area contributed by atoms with E-state index in [9.17, 15) is 24.3 Å². The number of fused-ring (bicyclic) bond motifs is 1. The van der Waals surface area contributed by atoms with Crippen LogP contribution in [0.2, 0.25) is 5.02 Å². The highest BCUT2D eigenvalue weighted by atomic mass is 35.5. The minimum Gasteiger partial charge on any atom is -0.477 e. The van der Waals surface area contributed by atoms with Crippen molar-refractivity contribution in [3.05, 3.63) is 63.5 Å². The number of anilines is 1. The number of carbonyl (C=O) groups is 4. The molecular formula is C28H30ClN3O5S. The second kappa shape index (κ2) is 11.2. The maximum atomic E-state index is 13.4. The first kappa shape index (κ1) is 26.3. The molecule has 3 atom stereocenters. The summed E-state index contributed by atoms with van der Waals surface area (Å²) in [5.41, 5.74) is 1.96. The maximum absolute atomic E-state index is 13.4. The second-order valence-electron chi connectivity index (χ2n) is 9.84. The van der Waals surface area contributed by atoms with Gasteiger partial charge in [0, 0.05) is 46.2 Å². The molecule has 0 bridgehead atoms. The molecule has 200 valence electrons. The van der Waals surface area contributed by atoms with Crippen molar-refractivity contribution in [3.8, 4) is 0 Å². The van der Waals surface area contributed by atoms with E-state index in [0.717, 1.165) is 31.4 Å². The van der Waals surface area contributed by atoms with Crippen LogP contribution < -0.4 is 15.5 Å². The van der Waals surface area contributed by atoms with Gasteiger partial charge in [-0.25, -0.2) is 4.79 Å². The van der Waals surface area contributed by atoms with Gasteiger partial charge in [0.2, 0.25) is 5.91 Å². The number of hydrogen-bond donors (Lipinski definition) is 4. The number of piperidine rings is 1. The minimum atomic E-state index is -1.78. The van der Waals surface area contributed by atoms with Gasteiger partial charge >= 0.3 is 5.97 Å². The average molecular weight is 556 g/mol. The fraction of sp³-hybridized carbons (Fsp3) is 0.357. The van der Waals surface area contributed by atoms with Gasteiger partial charge in [0.05, 0.1) is 4.91 Å². The lowest BCUT2D eigenvalue weighted by Gasteiger charge is -2.34. The standard InChI is InChI=1S/C28H30ClN3O5S/c29-19-11-8-18-15-24(27(35)36)38(23(18)16-19)28(37)31-22-6-2-1-5-21(22)30-26(34)17-9-12-20(13-10-17)32-14-4-3-7-25(32)33/h8-13,15-16,21-22,38H,1-7,14H2,(H,30,34)(H,31,37)(H,35,36). The number of nitrogens with zero attached hydrogens (tertiary/aromatic N) is 1. The summed E-state index contributed by atoms with van der Waals surface area (Å²) in [5, 5.41) is 16.0. The van der Waals surface area contributed by atoms with Crippen LogP contribution in [0.4, 0.5) is 10.5 Å². The Balaban J connectivity index is 1.27. The predicted octanol–water partition coefficient (Wildman–Crippen LogP) is 5.11. The van der Waals surface area contributed by atoms with Gasteiger partial charge in [-0.1, -0.05) is 30.5 Å². The second-order valence-corrected chi connectivity index (χ2v) is 12.3. The van der Waals surface area contributed by atoms with Crippen molar-refractivity contribution in [2.24, 2.45) is 0 Å². The summed E-state index contributed by atoms with van der Waals surface area (Å²) in [6.45, 7) is 0.686. The van der Waals surface area contributed by atoms with Crippen LogP contribution in [0, 0.1) is 0 Å². The number of carboxylic acid groups (broad SMARTS) is 1. The van der Waals surface area contributed by atoms with Crippen LogP contribution in [0.1, 0.15) is 60.9 Å². The van der Waals surface area contributed by atoms with Gasteiger partial charge in [-0.15, -0.1) is 10.9 Å². The van der Waals surface area contributed by atoms with Crippen molar-refractivity contribution in [3.63, 3.8) is 0 Å². The Morgan fingerprint density at radius 1 is 0.947 bits per heavy atom. The Bertz CT molecular complexity index is 1310. The molecule has 0 spiro atoms. The quantitative estimate of drug-likeness (QED) is 0.383. The zero-order valence-electron chi connectivity index (χ0n) is 20.8. The van der Waals surface area contributed by atoms with Crippen LogP contribution >= 0.6 is 22.5 Å². The van der Waals surface area contributed by atoms with E-state index >= 15 is 0 Å². The zero-order chi connectivity index (χ0) is 26.8. The fourth-order valence-electron chi connectivity index (χ4n) is 5.37. The van der Waals surface area contributed by atoms with Crippen LogP contribution in [0.3, 0.4) is 0 Å². The molecule has 10 heteroatoms. The molecule has 3 N–H and O–H groups in total. The summed E-state index contributed by atoms with van der Waals surface area (Å²) in [6.07, 6.45) is 7.17. The Morgan fingerprint density at radius 2 is 1.66 bits per heavy atom. The first-order valence-electron chi connectivity index (χ1n) is 12.9. The first-order chi connectivity index (χ1) is 18.3. The van der Waals surface area contributed by atoms with Gasteiger partial charge in [-0.3, -0.25) is 14.4 Å². The van der Waals surface area contributed by atoms with E-state index in [-0.39, 0.29) is 34.0 Å². The number of thiol groups is 1. The van der Waals surface area contributed by atoms with E-state index in [1.807, 2.05) is 0 Å². The number of nitrogens with one attached hydrogen (secondary N) is 2. The number of aliphatic carboxylic acids is 1. The molecular weight excluding hydrogens is 526 g/mol. The summed E-state index contributed by atoms with van der Waals surface area (Å²) < 4.78 is 0. The van der Waals surface area contributed by atoms with Crippen LogP contribution in [-0.4, -0.2) is 46.8 Å². The molecule has 0 radical (unpaired) electrons. The van der Waals surface area contributed by atoms with Gasteiger partial charge in [0.15, 0.2) is 0 Å². The summed E-state index contributed by atoms with van der Waals surface area (Å²) in [5.74, 6) is -1.27. The molecule has 0 aromatic heterocycles. The molecule has 2 heterocycles. The third-order valence-electron chi connectivity index (χ3n) is 7.34. The van der Waals surface area contributed by atoms with E-state index in [4.69, 9.17) is 11.6 Å². The molecule has 2 aromatic rings. The van der Waals surface area contributed by atoms with E-state index in [2.05, 4.69) is 10.6 Å². The van der Waals surface area contributed by atoms with Crippen molar-refractivity contribution < 1.29 is 24.3 Å². The van der Waals surface area contributed by atoms with Gasteiger partial charge in [-0.05, 0) is 73.7 Å². The third kappa shape index (κ3) is 5.44. The van der Waals surface area contributed by atoms with E-state index in [1.54, 1.807) is 53.4 Å². The highest BCUT2D eigenvalue weighted by Crippen LogP contribution is 2.53. The number of rotatable bonds is 5. The number of benzene rings is 2. The fourth-order valence-corrected chi connectivity index (χ4v) is 7.74. The first-order valence-corrected chi connectivity index (χ1v) is 14.6. The number of amides is 3. The highest BCUT2D eigenvalue weighted by Gasteiger charge is 2.35. The van der Waals surface area contributed by atoms with Gasteiger partial charge in [0.25, 0.3) is 11.1 Å². The van der Waals surface area contributed by atoms with Crippen LogP contribution in [-0.2, 0) is 9.59 Å². The number of hydrogen-bond acceptors (Lipinski definition) is 4. The largest absolute Gasteiger partial charge is 0.477 e. The number of halogens is 1. The Labute approximate surface area is 228 Å². The molecule has 1 aliphatic carbocycles. The molecule has 2 fully saturated rings. The lowest BCUT2D eigenvalue weighted by atomic mass is 9.90. The molecule has 2 aliphatic heterocycles. The van der Waals surface area contributed by atoms with Gasteiger partial charge in [-0.2, -0.15) is 0 Å². The zero-order valence-corrected chi connectivity index (χ0v) is 22.4. The van der Waals surface area contributed by atoms with Crippen molar-refractivity contribution in [1.82, 2.24) is 10.6 Å². The Kier molecular flexibility index (Phi) is 7.76. The normalized spacial score (nSPS) is 23.8. The highest BCUT2D eigenvalue weighted by molar-refractivity contribution is 8.33. The summed E-state index contributed by atoms with van der Waals surface area (Å²) in [4.78, 5) is 53.1. The smallest absolute Gasteiger partial charge is 0.341 e. The summed E-state index contributed by atoms with van der Waals surface area (Å²) in [7, 11) is -1.78. The van der Waals surface area contributed by atoms with Crippen LogP contribution in [0.25, 0.3) is 6.08 Å². The minimum absolute atomic E-state index is 0.0680. The monoisotopic (exact) mass is 555 g/mol. The van der Waals surface area contributed by atoms with Gasteiger partial charge in [0.1, 0.15) is 0 Å².